The first-order chi connectivity index (χ1) is 9.84. The van der Waals surface area contributed by atoms with Crippen LogP contribution in [0.5, 0.6) is 0 Å². The van der Waals surface area contributed by atoms with Crippen LogP contribution in [0.4, 0.5) is 13.2 Å². The van der Waals surface area contributed by atoms with Crippen LogP contribution in [0, 0.1) is 0 Å². The van der Waals surface area contributed by atoms with Gasteiger partial charge >= 0.3 is 6.18 Å². The largest absolute Gasteiger partial charge is 0.415 e. The number of pyridine rings is 1. The summed E-state index contributed by atoms with van der Waals surface area (Å²) in [7, 11) is 0. The van der Waals surface area contributed by atoms with Crippen LogP contribution >= 0.6 is 0 Å². The SMILES string of the molecule is CCc1cccnc1-c1noc(C(C)C(O)C(F)(F)F)n1. The minimum Gasteiger partial charge on any atom is -0.383 e. The molecule has 0 spiro atoms. The Morgan fingerprint density at radius 2 is 2.10 bits per heavy atom. The first-order valence-electron chi connectivity index (χ1n) is 6.37. The third-order valence-corrected chi connectivity index (χ3v) is 3.12. The summed E-state index contributed by atoms with van der Waals surface area (Å²) in [5.74, 6) is -1.51. The second kappa shape index (κ2) is 5.80. The van der Waals surface area contributed by atoms with E-state index in [4.69, 9.17) is 4.52 Å². The number of aromatic nitrogens is 3. The Kier molecular flexibility index (Phi) is 4.26. The predicted octanol–water partition coefficient (Wildman–Crippen LogP) is 2.72. The average Bonchev–Trinajstić information content (AvgIpc) is 2.94. The Balaban J connectivity index is 2.30. The molecule has 2 heterocycles. The zero-order valence-corrected chi connectivity index (χ0v) is 11.4. The van der Waals surface area contributed by atoms with Crippen LogP contribution in [0.1, 0.15) is 31.2 Å². The van der Waals surface area contributed by atoms with Crippen molar-refractivity contribution in [3.63, 3.8) is 0 Å². The molecule has 0 radical (unpaired) electrons. The lowest BCUT2D eigenvalue weighted by molar-refractivity contribution is -0.210. The van der Waals surface area contributed by atoms with E-state index in [9.17, 15) is 18.3 Å². The molecule has 0 saturated carbocycles. The number of aliphatic hydroxyl groups is 1. The van der Waals surface area contributed by atoms with E-state index in [1.807, 2.05) is 13.0 Å². The number of hydrogen-bond donors (Lipinski definition) is 1. The van der Waals surface area contributed by atoms with Crippen LogP contribution in [0.3, 0.4) is 0 Å². The van der Waals surface area contributed by atoms with E-state index >= 15 is 0 Å². The molecule has 0 aromatic carbocycles. The minimum absolute atomic E-state index is 0.115. The number of rotatable bonds is 4. The molecular weight excluding hydrogens is 287 g/mol. The molecule has 0 saturated heterocycles. The molecule has 2 atom stereocenters. The van der Waals surface area contributed by atoms with Crippen LogP contribution < -0.4 is 0 Å². The van der Waals surface area contributed by atoms with E-state index < -0.39 is 18.2 Å². The molecule has 2 unspecified atom stereocenters. The summed E-state index contributed by atoms with van der Waals surface area (Å²) in [5.41, 5.74) is 1.32. The van der Waals surface area contributed by atoms with Gasteiger partial charge in [0.25, 0.3) is 0 Å². The fraction of sp³-hybridized carbons (Fsp3) is 0.462. The molecule has 0 fully saturated rings. The van der Waals surface area contributed by atoms with Crippen molar-refractivity contribution in [2.24, 2.45) is 0 Å². The summed E-state index contributed by atoms with van der Waals surface area (Å²) in [6.07, 6.45) is -5.08. The number of aryl methyl sites for hydroxylation is 1. The molecule has 0 aliphatic carbocycles. The molecule has 114 valence electrons. The molecular formula is C13H14F3N3O2. The fourth-order valence-corrected chi connectivity index (χ4v) is 1.86. The maximum Gasteiger partial charge on any atom is 0.415 e. The van der Waals surface area contributed by atoms with Crippen molar-refractivity contribution in [2.45, 2.75) is 38.5 Å². The molecule has 0 amide bonds. The topological polar surface area (TPSA) is 72.0 Å². The number of hydrogen-bond acceptors (Lipinski definition) is 5. The van der Waals surface area contributed by atoms with Crippen molar-refractivity contribution in [3.8, 4) is 11.5 Å². The summed E-state index contributed by atoms with van der Waals surface area (Å²) >= 11 is 0. The van der Waals surface area contributed by atoms with E-state index in [1.54, 1.807) is 12.3 Å². The summed E-state index contributed by atoms with van der Waals surface area (Å²) in [4.78, 5) is 8.04. The highest BCUT2D eigenvalue weighted by Crippen LogP contribution is 2.31. The number of aliphatic hydroxyl groups excluding tert-OH is 1. The van der Waals surface area contributed by atoms with Crippen molar-refractivity contribution < 1.29 is 22.8 Å². The molecule has 1 N–H and O–H groups in total. The Morgan fingerprint density at radius 3 is 2.71 bits per heavy atom. The van der Waals surface area contributed by atoms with Gasteiger partial charge in [0.1, 0.15) is 5.69 Å². The van der Waals surface area contributed by atoms with E-state index in [2.05, 4.69) is 15.1 Å². The summed E-state index contributed by atoms with van der Waals surface area (Å²) in [6, 6.07) is 3.58. The maximum atomic E-state index is 12.5. The Hall–Kier alpha value is -1.96. The zero-order chi connectivity index (χ0) is 15.6. The summed E-state index contributed by atoms with van der Waals surface area (Å²) in [5, 5.41) is 12.9. The van der Waals surface area contributed by atoms with Gasteiger partial charge in [0, 0.05) is 6.20 Å². The van der Waals surface area contributed by atoms with Crippen LogP contribution in [-0.4, -0.2) is 32.5 Å². The van der Waals surface area contributed by atoms with Crippen LogP contribution in [0.25, 0.3) is 11.5 Å². The van der Waals surface area contributed by atoms with Gasteiger partial charge in [0.05, 0.1) is 5.92 Å². The van der Waals surface area contributed by atoms with Gasteiger partial charge in [0.15, 0.2) is 6.10 Å². The van der Waals surface area contributed by atoms with Gasteiger partial charge in [-0.25, -0.2) is 0 Å². The molecule has 2 aromatic rings. The Morgan fingerprint density at radius 1 is 1.38 bits per heavy atom. The van der Waals surface area contributed by atoms with Crippen molar-refractivity contribution in [1.29, 1.82) is 0 Å². The zero-order valence-electron chi connectivity index (χ0n) is 11.4. The standard InChI is InChI=1S/C13H14F3N3O2/c1-3-8-5-4-6-17-9(8)11-18-12(21-19-11)7(2)10(20)13(14,15)16/h4-7,10,20H,3H2,1-2H3. The molecule has 0 bridgehead atoms. The lowest BCUT2D eigenvalue weighted by Gasteiger charge is -2.17. The quantitative estimate of drug-likeness (QED) is 0.940. The highest BCUT2D eigenvalue weighted by Gasteiger charge is 2.44. The highest BCUT2D eigenvalue weighted by atomic mass is 19.4. The molecule has 2 rings (SSSR count). The second-order valence-corrected chi connectivity index (χ2v) is 4.60. The molecule has 8 heteroatoms. The van der Waals surface area contributed by atoms with E-state index in [0.717, 1.165) is 5.56 Å². The lowest BCUT2D eigenvalue weighted by atomic mass is 10.0. The number of halogens is 3. The van der Waals surface area contributed by atoms with Gasteiger partial charge in [0.2, 0.25) is 11.7 Å². The monoisotopic (exact) mass is 301 g/mol. The molecule has 2 aromatic heterocycles. The maximum absolute atomic E-state index is 12.5. The van der Waals surface area contributed by atoms with Crippen LogP contribution in [0.2, 0.25) is 0 Å². The van der Waals surface area contributed by atoms with E-state index in [0.29, 0.717) is 12.1 Å². The normalized spacial score (nSPS) is 15.0. The van der Waals surface area contributed by atoms with Crippen molar-refractivity contribution in [3.05, 3.63) is 29.8 Å². The van der Waals surface area contributed by atoms with Gasteiger partial charge < -0.3 is 9.63 Å². The third kappa shape index (κ3) is 3.21. The predicted molar refractivity (Wildman–Crippen MR) is 67.4 cm³/mol. The van der Waals surface area contributed by atoms with Gasteiger partial charge in [-0.1, -0.05) is 25.1 Å². The van der Waals surface area contributed by atoms with E-state index in [-0.39, 0.29) is 11.7 Å². The molecule has 21 heavy (non-hydrogen) atoms. The van der Waals surface area contributed by atoms with Crippen molar-refractivity contribution in [1.82, 2.24) is 15.1 Å². The van der Waals surface area contributed by atoms with Gasteiger partial charge in [-0.2, -0.15) is 18.2 Å². The van der Waals surface area contributed by atoms with Crippen LogP contribution in [-0.2, 0) is 6.42 Å². The van der Waals surface area contributed by atoms with Gasteiger partial charge in [-0.15, -0.1) is 0 Å². The highest BCUT2D eigenvalue weighted by molar-refractivity contribution is 5.53. The van der Waals surface area contributed by atoms with Crippen molar-refractivity contribution >= 4 is 0 Å². The Bertz CT molecular complexity index is 613. The van der Waals surface area contributed by atoms with Crippen molar-refractivity contribution in [2.75, 3.05) is 0 Å². The molecule has 0 aliphatic heterocycles. The van der Waals surface area contributed by atoms with Gasteiger partial charge in [-0.05, 0) is 18.1 Å². The average molecular weight is 301 g/mol. The first kappa shape index (κ1) is 15.4. The lowest BCUT2D eigenvalue weighted by Crippen LogP contribution is -2.33. The fourth-order valence-electron chi connectivity index (χ4n) is 1.86. The third-order valence-electron chi connectivity index (χ3n) is 3.12. The molecule has 0 aliphatic rings. The smallest absolute Gasteiger partial charge is 0.383 e. The minimum atomic E-state index is -4.74. The first-order valence-corrected chi connectivity index (χ1v) is 6.37. The second-order valence-electron chi connectivity index (χ2n) is 4.60. The molecule has 5 nitrogen and oxygen atoms in total. The summed E-state index contributed by atoms with van der Waals surface area (Å²) in [6.45, 7) is 3.09. The number of alkyl halides is 3. The van der Waals surface area contributed by atoms with E-state index in [1.165, 1.54) is 6.92 Å². The van der Waals surface area contributed by atoms with Gasteiger partial charge in [-0.3, -0.25) is 4.98 Å². The number of nitrogens with zero attached hydrogens (tertiary/aromatic N) is 3. The Labute approximate surface area is 118 Å². The summed E-state index contributed by atoms with van der Waals surface area (Å²) < 4.78 is 42.3. The van der Waals surface area contributed by atoms with Crippen LogP contribution in [0.15, 0.2) is 22.9 Å².